The molecule has 5 nitrogen and oxygen atoms in total. The molecule has 108 valence electrons. The van der Waals surface area contributed by atoms with Crippen LogP contribution < -0.4 is 5.32 Å². The van der Waals surface area contributed by atoms with E-state index >= 15 is 0 Å². The van der Waals surface area contributed by atoms with E-state index in [4.69, 9.17) is 9.63 Å². The van der Waals surface area contributed by atoms with Crippen LogP contribution in [0.15, 0.2) is 35.0 Å². The number of aliphatic hydroxyl groups excluding tert-OH is 1. The Morgan fingerprint density at radius 3 is 2.95 bits per heavy atom. The van der Waals surface area contributed by atoms with Gasteiger partial charge in [0.15, 0.2) is 5.76 Å². The highest BCUT2D eigenvalue weighted by Gasteiger charge is 2.08. The molecule has 1 amide bonds. The zero-order valence-electron chi connectivity index (χ0n) is 11.7. The first kappa shape index (κ1) is 14.8. The van der Waals surface area contributed by atoms with Gasteiger partial charge in [0, 0.05) is 23.6 Å². The van der Waals surface area contributed by atoms with Gasteiger partial charge >= 0.3 is 0 Å². The Kier molecular flexibility index (Phi) is 5.13. The molecule has 0 aliphatic rings. The number of amides is 1. The normalized spacial score (nSPS) is 9.81. The number of hydrogen-bond acceptors (Lipinski definition) is 4. The summed E-state index contributed by atoms with van der Waals surface area (Å²) in [5, 5.41) is 15.0. The molecule has 2 rings (SSSR count). The minimum absolute atomic E-state index is 0.0498. The summed E-state index contributed by atoms with van der Waals surface area (Å²) in [5.74, 6) is 6.26. The highest BCUT2D eigenvalue weighted by atomic mass is 16.5. The van der Waals surface area contributed by atoms with Crippen LogP contribution in [0.2, 0.25) is 0 Å². The van der Waals surface area contributed by atoms with E-state index < -0.39 is 0 Å². The van der Waals surface area contributed by atoms with Gasteiger partial charge in [0.25, 0.3) is 5.91 Å². The standard InChI is InChI=1S/C16H16N2O3/c1-12-10-14(6-5-13(12)4-2-3-9-19)16(20)17-11-15-7-8-18-21-15/h5-8,10,19H,3,9,11H2,1H3,(H,17,20). The number of rotatable bonds is 4. The number of carbonyl (C=O) groups excluding carboxylic acids is 1. The van der Waals surface area contributed by atoms with E-state index in [9.17, 15) is 4.79 Å². The number of carbonyl (C=O) groups is 1. The summed E-state index contributed by atoms with van der Waals surface area (Å²) in [7, 11) is 0. The second-order valence-electron chi connectivity index (χ2n) is 4.47. The molecule has 0 spiro atoms. The molecule has 0 unspecified atom stereocenters. The molecule has 2 N–H and O–H groups in total. The average molecular weight is 284 g/mol. The van der Waals surface area contributed by atoms with Gasteiger partial charge in [-0.15, -0.1) is 0 Å². The van der Waals surface area contributed by atoms with Gasteiger partial charge in [0.2, 0.25) is 0 Å². The summed E-state index contributed by atoms with van der Waals surface area (Å²) >= 11 is 0. The summed E-state index contributed by atoms with van der Waals surface area (Å²) in [6.45, 7) is 2.25. The van der Waals surface area contributed by atoms with Crippen molar-refractivity contribution in [2.45, 2.75) is 19.9 Å². The number of benzene rings is 1. The minimum Gasteiger partial charge on any atom is -0.395 e. The predicted molar refractivity (Wildman–Crippen MR) is 77.4 cm³/mol. The van der Waals surface area contributed by atoms with Gasteiger partial charge in [0.1, 0.15) is 0 Å². The van der Waals surface area contributed by atoms with Gasteiger partial charge < -0.3 is 14.9 Å². The van der Waals surface area contributed by atoms with Crippen LogP contribution in [0, 0.1) is 18.8 Å². The lowest BCUT2D eigenvalue weighted by Crippen LogP contribution is -2.22. The van der Waals surface area contributed by atoms with Gasteiger partial charge in [0.05, 0.1) is 19.3 Å². The van der Waals surface area contributed by atoms with Crippen LogP contribution in [-0.2, 0) is 6.54 Å². The third-order valence-electron chi connectivity index (χ3n) is 2.86. The predicted octanol–water partition coefficient (Wildman–Crippen LogP) is 1.65. The van der Waals surface area contributed by atoms with Crippen LogP contribution >= 0.6 is 0 Å². The Balaban J connectivity index is 2.02. The minimum atomic E-state index is -0.177. The van der Waals surface area contributed by atoms with Crippen molar-refractivity contribution in [2.75, 3.05) is 6.61 Å². The van der Waals surface area contributed by atoms with Crippen molar-refractivity contribution in [1.29, 1.82) is 0 Å². The van der Waals surface area contributed by atoms with Crippen molar-refractivity contribution in [3.63, 3.8) is 0 Å². The quantitative estimate of drug-likeness (QED) is 0.837. The summed E-state index contributed by atoms with van der Waals surface area (Å²) < 4.78 is 4.91. The van der Waals surface area contributed by atoms with Crippen molar-refractivity contribution in [3.05, 3.63) is 52.9 Å². The van der Waals surface area contributed by atoms with Gasteiger partial charge in [-0.05, 0) is 30.7 Å². The molecule has 21 heavy (non-hydrogen) atoms. The average Bonchev–Trinajstić information content (AvgIpc) is 3.00. The van der Waals surface area contributed by atoms with Crippen molar-refractivity contribution < 1.29 is 14.4 Å². The molecule has 0 saturated carbocycles. The van der Waals surface area contributed by atoms with Crippen LogP contribution in [0.25, 0.3) is 0 Å². The molecule has 0 saturated heterocycles. The molecular weight excluding hydrogens is 268 g/mol. The molecule has 0 aliphatic heterocycles. The maximum Gasteiger partial charge on any atom is 0.251 e. The molecule has 0 bridgehead atoms. The Morgan fingerprint density at radius 1 is 1.43 bits per heavy atom. The summed E-state index contributed by atoms with van der Waals surface area (Å²) in [5.41, 5.74) is 2.35. The van der Waals surface area contributed by atoms with Crippen molar-refractivity contribution in [2.24, 2.45) is 0 Å². The van der Waals surface area contributed by atoms with Crippen molar-refractivity contribution in [3.8, 4) is 11.8 Å². The third kappa shape index (κ3) is 4.20. The van der Waals surface area contributed by atoms with Crippen LogP contribution in [-0.4, -0.2) is 22.8 Å². The number of hydrogen-bond donors (Lipinski definition) is 2. The molecule has 1 aromatic carbocycles. The molecule has 0 fully saturated rings. The first-order valence-corrected chi connectivity index (χ1v) is 6.59. The summed E-state index contributed by atoms with van der Waals surface area (Å²) in [6.07, 6.45) is 1.98. The fourth-order valence-electron chi connectivity index (χ4n) is 1.76. The van der Waals surface area contributed by atoms with Gasteiger partial charge in [-0.1, -0.05) is 17.0 Å². The van der Waals surface area contributed by atoms with Crippen LogP contribution in [0.4, 0.5) is 0 Å². The van der Waals surface area contributed by atoms with E-state index in [1.165, 1.54) is 6.20 Å². The van der Waals surface area contributed by atoms with Gasteiger partial charge in [-0.3, -0.25) is 4.79 Å². The Bertz CT molecular complexity index is 667. The second kappa shape index (κ2) is 7.27. The second-order valence-corrected chi connectivity index (χ2v) is 4.47. The maximum atomic E-state index is 12.0. The molecule has 0 radical (unpaired) electrons. The third-order valence-corrected chi connectivity index (χ3v) is 2.86. The Morgan fingerprint density at radius 2 is 2.29 bits per heavy atom. The number of aliphatic hydroxyl groups is 1. The summed E-state index contributed by atoms with van der Waals surface area (Å²) in [4.78, 5) is 12.0. The molecule has 5 heteroatoms. The topological polar surface area (TPSA) is 75.4 Å². The fourth-order valence-corrected chi connectivity index (χ4v) is 1.76. The van der Waals surface area contributed by atoms with E-state index in [1.807, 2.05) is 13.0 Å². The number of nitrogens with one attached hydrogen (secondary N) is 1. The van der Waals surface area contributed by atoms with Crippen LogP contribution in [0.3, 0.4) is 0 Å². The summed E-state index contributed by atoms with van der Waals surface area (Å²) in [6, 6.07) is 7.03. The number of nitrogens with zero attached hydrogens (tertiary/aromatic N) is 1. The Hall–Kier alpha value is -2.58. The fraction of sp³-hybridized carbons (Fsp3) is 0.250. The van der Waals surface area contributed by atoms with Crippen molar-refractivity contribution >= 4 is 5.91 Å². The molecular formula is C16H16N2O3. The molecule has 0 aliphatic carbocycles. The maximum absolute atomic E-state index is 12.0. The van der Waals surface area contributed by atoms with E-state index in [-0.39, 0.29) is 12.5 Å². The van der Waals surface area contributed by atoms with E-state index in [0.29, 0.717) is 24.3 Å². The first-order valence-electron chi connectivity index (χ1n) is 6.59. The highest BCUT2D eigenvalue weighted by molar-refractivity contribution is 5.94. The monoisotopic (exact) mass is 284 g/mol. The van der Waals surface area contributed by atoms with E-state index in [2.05, 4.69) is 22.3 Å². The molecule has 1 heterocycles. The lowest BCUT2D eigenvalue weighted by Gasteiger charge is -2.05. The zero-order valence-corrected chi connectivity index (χ0v) is 11.7. The molecule has 0 atom stereocenters. The number of aromatic nitrogens is 1. The van der Waals surface area contributed by atoms with E-state index in [1.54, 1.807) is 18.2 Å². The van der Waals surface area contributed by atoms with Gasteiger partial charge in [-0.2, -0.15) is 0 Å². The Labute approximate surface area is 123 Å². The van der Waals surface area contributed by atoms with Crippen LogP contribution in [0.1, 0.15) is 33.7 Å². The SMILES string of the molecule is Cc1cc(C(=O)NCc2ccno2)ccc1C#CCCO. The van der Waals surface area contributed by atoms with E-state index in [0.717, 1.165) is 11.1 Å². The van der Waals surface area contributed by atoms with Crippen molar-refractivity contribution in [1.82, 2.24) is 10.5 Å². The lowest BCUT2D eigenvalue weighted by molar-refractivity contribution is 0.0947. The zero-order chi connectivity index (χ0) is 15.1. The highest BCUT2D eigenvalue weighted by Crippen LogP contribution is 2.10. The smallest absolute Gasteiger partial charge is 0.251 e. The van der Waals surface area contributed by atoms with Crippen LogP contribution in [0.5, 0.6) is 0 Å². The first-order chi connectivity index (χ1) is 10.2. The molecule has 1 aromatic heterocycles. The largest absolute Gasteiger partial charge is 0.395 e. The lowest BCUT2D eigenvalue weighted by atomic mass is 10.0. The molecule has 2 aromatic rings. The number of aryl methyl sites for hydroxylation is 1. The van der Waals surface area contributed by atoms with Gasteiger partial charge in [-0.25, -0.2) is 0 Å².